The third kappa shape index (κ3) is 1.37. The number of nitro benzene ring substituents is 1. The fourth-order valence-electron chi connectivity index (χ4n) is 2.06. The van der Waals surface area contributed by atoms with E-state index in [9.17, 15) is 10.1 Å². The monoisotopic (exact) mass is 192 g/mol. The molecule has 1 aliphatic carbocycles. The summed E-state index contributed by atoms with van der Waals surface area (Å²) in [5.74, 6) is 0.381. The minimum atomic E-state index is -0.308. The summed E-state index contributed by atoms with van der Waals surface area (Å²) in [5.41, 5.74) is 7.79. The van der Waals surface area contributed by atoms with Crippen LogP contribution in [-0.4, -0.2) is 11.5 Å². The molecule has 0 bridgehead atoms. The number of nitrogens with two attached hydrogens (primary N) is 1. The lowest BCUT2D eigenvalue weighted by Crippen LogP contribution is -2.13. The van der Waals surface area contributed by atoms with Gasteiger partial charge in [-0.15, -0.1) is 0 Å². The van der Waals surface area contributed by atoms with Crippen LogP contribution in [0.3, 0.4) is 0 Å². The SMILES string of the molecule is NC[C@H]1Cc2cccc([N+](=O)[O-])c2C1. The Hall–Kier alpha value is -1.42. The molecule has 1 aromatic carbocycles. The van der Waals surface area contributed by atoms with Gasteiger partial charge in [0.25, 0.3) is 5.69 Å². The van der Waals surface area contributed by atoms with Crippen LogP contribution in [-0.2, 0) is 12.8 Å². The topological polar surface area (TPSA) is 69.2 Å². The molecule has 14 heavy (non-hydrogen) atoms. The summed E-state index contributed by atoms with van der Waals surface area (Å²) in [4.78, 5) is 10.4. The van der Waals surface area contributed by atoms with Gasteiger partial charge < -0.3 is 5.73 Å². The van der Waals surface area contributed by atoms with E-state index in [1.165, 1.54) is 0 Å². The van der Waals surface area contributed by atoms with E-state index in [1.54, 1.807) is 12.1 Å². The van der Waals surface area contributed by atoms with Gasteiger partial charge in [-0.1, -0.05) is 12.1 Å². The highest BCUT2D eigenvalue weighted by Gasteiger charge is 2.26. The summed E-state index contributed by atoms with van der Waals surface area (Å²) in [6, 6.07) is 5.27. The normalized spacial score (nSPS) is 19.4. The quantitative estimate of drug-likeness (QED) is 0.566. The Morgan fingerprint density at radius 1 is 1.50 bits per heavy atom. The fraction of sp³-hybridized carbons (Fsp3) is 0.400. The maximum atomic E-state index is 10.7. The van der Waals surface area contributed by atoms with Gasteiger partial charge in [-0.05, 0) is 30.9 Å². The summed E-state index contributed by atoms with van der Waals surface area (Å²) in [5, 5.41) is 10.7. The summed E-state index contributed by atoms with van der Waals surface area (Å²) in [6.07, 6.45) is 1.64. The molecular formula is C10H12N2O2. The minimum absolute atomic E-state index is 0.249. The van der Waals surface area contributed by atoms with E-state index >= 15 is 0 Å². The van der Waals surface area contributed by atoms with E-state index in [4.69, 9.17) is 5.73 Å². The molecule has 74 valence electrons. The van der Waals surface area contributed by atoms with Crippen LogP contribution < -0.4 is 5.73 Å². The molecule has 0 saturated heterocycles. The fourth-order valence-corrected chi connectivity index (χ4v) is 2.06. The van der Waals surface area contributed by atoms with Crippen LogP contribution in [0.2, 0.25) is 0 Å². The number of nitro groups is 1. The lowest BCUT2D eigenvalue weighted by Gasteiger charge is -2.01. The molecule has 0 saturated carbocycles. The number of hydrogen-bond acceptors (Lipinski definition) is 3. The molecule has 0 amide bonds. The highest BCUT2D eigenvalue weighted by Crippen LogP contribution is 2.32. The molecule has 0 aliphatic heterocycles. The van der Waals surface area contributed by atoms with Crippen LogP contribution in [0.25, 0.3) is 0 Å². The molecule has 4 nitrogen and oxygen atoms in total. The molecule has 0 unspecified atom stereocenters. The van der Waals surface area contributed by atoms with Gasteiger partial charge in [0.1, 0.15) is 0 Å². The van der Waals surface area contributed by atoms with Crippen molar-refractivity contribution < 1.29 is 4.92 Å². The summed E-state index contributed by atoms with van der Waals surface area (Å²) >= 11 is 0. The van der Waals surface area contributed by atoms with Crippen LogP contribution in [0.15, 0.2) is 18.2 Å². The lowest BCUT2D eigenvalue weighted by atomic mass is 10.1. The molecule has 2 N–H and O–H groups in total. The molecule has 0 radical (unpaired) electrons. The second-order valence-corrected chi connectivity index (χ2v) is 3.68. The second kappa shape index (κ2) is 3.38. The van der Waals surface area contributed by atoms with E-state index in [0.717, 1.165) is 24.0 Å². The Morgan fingerprint density at radius 3 is 2.93 bits per heavy atom. The predicted molar refractivity (Wildman–Crippen MR) is 53.0 cm³/mol. The Bertz CT molecular complexity index is 376. The van der Waals surface area contributed by atoms with Gasteiger partial charge in [-0.3, -0.25) is 10.1 Å². The number of fused-ring (bicyclic) bond motifs is 1. The average Bonchev–Trinajstić information content (AvgIpc) is 2.59. The number of rotatable bonds is 2. The first-order valence-electron chi connectivity index (χ1n) is 4.67. The zero-order valence-electron chi connectivity index (χ0n) is 7.77. The first kappa shape index (κ1) is 9.15. The molecule has 0 aromatic heterocycles. The number of hydrogen-bond donors (Lipinski definition) is 1. The van der Waals surface area contributed by atoms with Gasteiger partial charge in [0.2, 0.25) is 0 Å². The van der Waals surface area contributed by atoms with Crippen LogP contribution >= 0.6 is 0 Å². The Morgan fingerprint density at radius 2 is 2.29 bits per heavy atom. The van der Waals surface area contributed by atoms with E-state index in [-0.39, 0.29) is 10.6 Å². The van der Waals surface area contributed by atoms with Crippen molar-refractivity contribution in [2.75, 3.05) is 6.54 Å². The third-order valence-corrected chi connectivity index (χ3v) is 2.78. The third-order valence-electron chi connectivity index (χ3n) is 2.78. The first-order valence-corrected chi connectivity index (χ1v) is 4.67. The maximum Gasteiger partial charge on any atom is 0.272 e. The number of benzene rings is 1. The predicted octanol–water partition coefficient (Wildman–Crippen LogP) is 1.27. The van der Waals surface area contributed by atoms with Crippen molar-refractivity contribution in [2.45, 2.75) is 12.8 Å². The van der Waals surface area contributed by atoms with Crippen LogP contribution in [0.4, 0.5) is 5.69 Å². The van der Waals surface area contributed by atoms with E-state index in [2.05, 4.69) is 0 Å². The van der Waals surface area contributed by atoms with Gasteiger partial charge in [0.05, 0.1) is 4.92 Å². The van der Waals surface area contributed by atoms with Gasteiger partial charge in [0, 0.05) is 11.6 Å². The second-order valence-electron chi connectivity index (χ2n) is 3.68. The number of nitrogens with zero attached hydrogens (tertiary/aromatic N) is 1. The largest absolute Gasteiger partial charge is 0.330 e. The molecular weight excluding hydrogens is 180 g/mol. The first-order chi connectivity index (χ1) is 6.72. The van der Waals surface area contributed by atoms with E-state index in [1.807, 2.05) is 6.07 Å². The van der Waals surface area contributed by atoms with Crippen LogP contribution in [0.1, 0.15) is 11.1 Å². The van der Waals surface area contributed by atoms with Crippen LogP contribution in [0.5, 0.6) is 0 Å². The van der Waals surface area contributed by atoms with Crippen molar-refractivity contribution in [1.82, 2.24) is 0 Å². The van der Waals surface area contributed by atoms with Gasteiger partial charge in [-0.2, -0.15) is 0 Å². The minimum Gasteiger partial charge on any atom is -0.330 e. The standard InChI is InChI=1S/C10H12N2O2/c11-6-7-4-8-2-1-3-10(12(13)14)9(8)5-7/h1-3,7H,4-6,11H2/t7-/m0/s1. The zero-order chi connectivity index (χ0) is 10.1. The zero-order valence-corrected chi connectivity index (χ0v) is 7.77. The molecule has 4 heteroatoms. The van der Waals surface area contributed by atoms with E-state index < -0.39 is 0 Å². The van der Waals surface area contributed by atoms with Crippen molar-refractivity contribution in [3.8, 4) is 0 Å². The maximum absolute atomic E-state index is 10.7. The van der Waals surface area contributed by atoms with Crippen molar-refractivity contribution in [3.63, 3.8) is 0 Å². The molecule has 1 aromatic rings. The smallest absolute Gasteiger partial charge is 0.272 e. The summed E-state index contributed by atoms with van der Waals surface area (Å²) in [7, 11) is 0. The van der Waals surface area contributed by atoms with Crippen molar-refractivity contribution in [1.29, 1.82) is 0 Å². The lowest BCUT2D eigenvalue weighted by molar-refractivity contribution is -0.385. The Kier molecular flexibility index (Phi) is 2.21. The Labute approximate surface area is 81.9 Å². The van der Waals surface area contributed by atoms with Gasteiger partial charge in [-0.25, -0.2) is 0 Å². The molecule has 2 rings (SSSR count). The molecule has 0 spiro atoms. The van der Waals surface area contributed by atoms with Crippen molar-refractivity contribution in [3.05, 3.63) is 39.4 Å². The van der Waals surface area contributed by atoms with Gasteiger partial charge in [0.15, 0.2) is 0 Å². The molecule has 0 heterocycles. The van der Waals surface area contributed by atoms with E-state index in [0.29, 0.717) is 12.5 Å². The summed E-state index contributed by atoms with van der Waals surface area (Å²) < 4.78 is 0. The van der Waals surface area contributed by atoms with Crippen molar-refractivity contribution >= 4 is 5.69 Å². The highest BCUT2D eigenvalue weighted by atomic mass is 16.6. The average molecular weight is 192 g/mol. The molecule has 1 aliphatic rings. The van der Waals surface area contributed by atoms with Crippen LogP contribution in [0, 0.1) is 16.0 Å². The molecule has 1 atom stereocenters. The highest BCUT2D eigenvalue weighted by molar-refractivity contribution is 5.48. The summed E-state index contributed by atoms with van der Waals surface area (Å²) in [6.45, 7) is 0.603. The Balaban J connectivity index is 2.41. The van der Waals surface area contributed by atoms with Gasteiger partial charge >= 0.3 is 0 Å². The molecule has 0 fully saturated rings. The van der Waals surface area contributed by atoms with Crippen molar-refractivity contribution in [2.24, 2.45) is 11.7 Å².